The Morgan fingerprint density at radius 2 is 2.24 bits per heavy atom. The summed E-state index contributed by atoms with van der Waals surface area (Å²) in [5, 5.41) is 10.2. The van der Waals surface area contributed by atoms with Gasteiger partial charge in [-0.1, -0.05) is 0 Å². The fourth-order valence-electron chi connectivity index (χ4n) is 2.33. The van der Waals surface area contributed by atoms with E-state index in [0.717, 1.165) is 12.0 Å². The Kier molecular flexibility index (Phi) is 2.79. The second kappa shape index (κ2) is 4.00. The van der Waals surface area contributed by atoms with Crippen LogP contribution in [0.15, 0.2) is 16.9 Å². The third-order valence-electron chi connectivity index (χ3n) is 3.12. The molecule has 1 heterocycles. The number of nitrogens with zero attached hydrogens (tertiary/aromatic N) is 1. The maximum absolute atomic E-state index is 11.7. The third-order valence-corrected chi connectivity index (χ3v) is 3.12. The zero-order valence-corrected chi connectivity index (χ0v) is 9.99. The molecule has 1 unspecified atom stereocenters. The van der Waals surface area contributed by atoms with Gasteiger partial charge in [0.15, 0.2) is 0 Å². The van der Waals surface area contributed by atoms with Crippen LogP contribution >= 0.6 is 0 Å². The Labute approximate surface area is 99.0 Å². The number of hydrogen-bond donors (Lipinski definition) is 2. The lowest BCUT2D eigenvalue weighted by Gasteiger charge is -2.32. The Hall–Kier alpha value is -1.62. The van der Waals surface area contributed by atoms with Crippen molar-refractivity contribution >= 4 is 5.91 Å². The summed E-state index contributed by atoms with van der Waals surface area (Å²) in [5.41, 5.74) is 2.70. The minimum atomic E-state index is -0.929. The van der Waals surface area contributed by atoms with E-state index in [1.54, 1.807) is 13.0 Å². The third kappa shape index (κ3) is 2.10. The van der Waals surface area contributed by atoms with Crippen molar-refractivity contribution in [1.82, 2.24) is 4.68 Å². The van der Waals surface area contributed by atoms with Gasteiger partial charge in [-0.05, 0) is 32.3 Å². The summed E-state index contributed by atoms with van der Waals surface area (Å²) in [5.74, 6) is -0.300. The molecule has 0 saturated heterocycles. The van der Waals surface area contributed by atoms with Crippen LogP contribution in [0.5, 0.6) is 0 Å². The number of aliphatic hydroxyl groups is 1. The van der Waals surface area contributed by atoms with Gasteiger partial charge in [0, 0.05) is 18.6 Å². The molecule has 0 aromatic carbocycles. The van der Waals surface area contributed by atoms with Crippen LogP contribution in [0.1, 0.15) is 37.9 Å². The Balaban J connectivity index is 2.60. The molecule has 0 saturated carbocycles. The van der Waals surface area contributed by atoms with Crippen LogP contribution in [-0.2, 0) is 16.8 Å². The van der Waals surface area contributed by atoms with E-state index >= 15 is 0 Å². The molecule has 0 bridgehead atoms. The van der Waals surface area contributed by atoms with E-state index in [4.69, 9.17) is 0 Å². The number of pyridine rings is 1. The van der Waals surface area contributed by atoms with Crippen molar-refractivity contribution in [3.8, 4) is 0 Å². The van der Waals surface area contributed by atoms with Gasteiger partial charge in [0.1, 0.15) is 0 Å². The van der Waals surface area contributed by atoms with Gasteiger partial charge in [0.05, 0.1) is 11.3 Å². The molecule has 5 heteroatoms. The first-order valence-electron chi connectivity index (χ1n) is 5.67. The molecule has 5 nitrogen and oxygen atoms in total. The number of hydrogen-bond acceptors (Lipinski definition) is 3. The van der Waals surface area contributed by atoms with Gasteiger partial charge < -0.3 is 5.11 Å². The number of carbonyl (C=O) groups is 1. The molecule has 1 aromatic rings. The first-order valence-corrected chi connectivity index (χ1v) is 5.67. The van der Waals surface area contributed by atoms with Crippen molar-refractivity contribution in [2.24, 2.45) is 0 Å². The zero-order valence-electron chi connectivity index (χ0n) is 9.99. The predicted molar refractivity (Wildman–Crippen MR) is 63.3 cm³/mol. The molecule has 1 atom stereocenters. The number of carbonyl (C=O) groups excluding carboxylic acids is 1. The van der Waals surface area contributed by atoms with E-state index in [2.05, 4.69) is 5.43 Å². The van der Waals surface area contributed by atoms with Crippen molar-refractivity contribution in [1.29, 1.82) is 0 Å². The van der Waals surface area contributed by atoms with E-state index in [1.165, 1.54) is 17.7 Å². The molecule has 2 N–H and O–H groups in total. The van der Waals surface area contributed by atoms with Gasteiger partial charge in [0.2, 0.25) is 5.91 Å². The summed E-state index contributed by atoms with van der Waals surface area (Å²) in [6.07, 6.45) is 2.14. The molecule has 0 radical (unpaired) electrons. The number of rotatable bonds is 1. The van der Waals surface area contributed by atoms with Gasteiger partial charge in [-0.2, -0.15) is 0 Å². The molecule has 0 aliphatic heterocycles. The molecule has 1 aromatic heterocycles. The number of fused-ring (bicyclic) bond motifs is 1. The standard InChI is InChI=1S/C12H16N2O3/c1-8(15)13-14-10-4-3-7-12(2,17)9(10)5-6-11(14)16/h5-6,17H,3-4,7H2,1-2H3,(H,13,15). The second-order valence-electron chi connectivity index (χ2n) is 4.66. The molecule has 1 aliphatic carbocycles. The lowest BCUT2D eigenvalue weighted by Crippen LogP contribution is -2.39. The van der Waals surface area contributed by atoms with Crippen molar-refractivity contribution in [3.05, 3.63) is 33.7 Å². The highest BCUT2D eigenvalue weighted by molar-refractivity contribution is 5.81. The molecule has 1 aliphatic rings. The first-order chi connectivity index (χ1) is 7.92. The Bertz CT molecular complexity index is 517. The summed E-state index contributed by atoms with van der Waals surface area (Å²) < 4.78 is 1.24. The van der Waals surface area contributed by atoms with Gasteiger partial charge in [-0.3, -0.25) is 15.0 Å². The number of nitrogens with one attached hydrogen (secondary N) is 1. The van der Waals surface area contributed by atoms with E-state index < -0.39 is 5.60 Å². The zero-order chi connectivity index (χ0) is 12.6. The number of amides is 1. The molecular formula is C12H16N2O3. The Morgan fingerprint density at radius 3 is 2.88 bits per heavy atom. The summed E-state index contributed by atoms with van der Waals surface area (Å²) in [6, 6.07) is 3.02. The van der Waals surface area contributed by atoms with Gasteiger partial charge in [0.25, 0.3) is 5.56 Å². The van der Waals surface area contributed by atoms with Crippen LogP contribution in [0.2, 0.25) is 0 Å². The smallest absolute Gasteiger partial charge is 0.269 e. The molecule has 1 amide bonds. The van der Waals surface area contributed by atoms with Crippen molar-refractivity contribution in [2.75, 3.05) is 5.43 Å². The summed E-state index contributed by atoms with van der Waals surface area (Å²) in [4.78, 5) is 22.8. The SMILES string of the molecule is CC(=O)Nn1c2c(ccc1=O)C(C)(O)CCC2. The summed E-state index contributed by atoms with van der Waals surface area (Å²) >= 11 is 0. The van der Waals surface area contributed by atoms with Gasteiger partial charge in [-0.15, -0.1) is 0 Å². The molecular weight excluding hydrogens is 220 g/mol. The van der Waals surface area contributed by atoms with Crippen LogP contribution < -0.4 is 11.0 Å². The van der Waals surface area contributed by atoms with E-state index in [9.17, 15) is 14.7 Å². The van der Waals surface area contributed by atoms with Gasteiger partial charge in [-0.25, -0.2) is 4.68 Å². The van der Waals surface area contributed by atoms with Crippen LogP contribution in [0, 0.1) is 0 Å². The summed E-state index contributed by atoms with van der Waals surface area (Å²) in [7, 11) is 0. The fourth-order valence-corrected chi connectivity index (χ4v) is 2.33. The van der Waals surface area contributed by atoms with Gasteiger partial charge >= 0.3 is 0 Å². The Morgan fingerprint density at radius 1 is 1.53 bits per heavy atom. The highest BCUT2D eigenvalue weighted by Gasteiger charge is 2.31. The normalized spacial score (nSPS) is 23.0. The fraction of sp³-hybridized carbons (Fsp3) is 0.500. The van der Waals surface area contributed by atoms with Crippen molar-refractivity contribution < 1.29 is 9.90 Å². The van der Waals surface area contributed by atoms with Crippen LogP contribution in [0.4, 0.5) is 0 Å². The van der Waals surface area contributed by atoms with Crippen LogP contribution in [0.3, 0.4) is 0 Å². The molecule has 2 rings (SSSR count). The highest BCUT2D eigenvalue weighted by atomic mass is 16.3. The average molecular weight is 236 g/mol. The highest BCUT2D eigenvalue weighted by Crippen LogP contribution is 2.33. The quantitative estimate of drug-likeness (QED) is 0.745. The minimum Gasteiger partial charge on any atom is -0.385 e. The molecule has 17 heavy (non-hydrogen) atoms. The predicted octanol–water partition coefficient (Wildman–Crippen LogP) is 0.482. The maximum atomic E-state index is 11.7. The first kappa shape index (κ1) is 11.9. The average Bonchev–Trinajstić information content (AvgIpc) is 2.21. The van der Waals surface area contributed by atoms with Crippen molar-refractivity contribution in [3.63, 3.8) is 0 Å². The maximum Gasteiger partial charge on any atom is 0.269 e. The van der Waals surface area contributed by atoms with Crippen LogP contribution in [-0.4, -0.2) is 15.7 Å². The van der Waals surface area contributed by atoms with E-state index in [0.29, 0.717) is 18.5 Å². The second-order valence-corrected chi connectivity index (χ2v) is 4.66. The van der Waals surface area contributed by atoms with E-state index in [1.807, 2.05) is 0 Å². The molecule has 0 fully saturated rings. The molecule has 0 spiro atoms. The minimum absolute atomic E-state index is 0.281. The van der Waals surface area contributed by atoms with Crippen LogP contribution in [0.25, 0.3) is 0 Å². The van der Waals surface area contributed by atoms with E-state index in [-0.39, 0.29) is 11.5 Å². The lowest BCUT2D eigenvalue weighted by molar-refractivity contribution is -0.115. The monoisotopic (exact) mass is 236 g/mol. The molecule has 92 valence electrons. The lowest BCUT2D eigenvalue weighted by atomic mass is 9.83. The van der Waals surface area contributed by atoms with Crippen molar-refractivity contribution in [2.45, 2.75) is 38.7 Å². The largest absolute Gasteiger partial charge is 0.385 e. The topological polar surface area (TPSA) is 71.3 Å². The number of aromatic nitrogens is 1. The summed E-state index contributed by atoms with van der Waals surface area (Å²) in [6.45, 7) is 3.08.